The van der Waals surface area contributed by atoms with Crippen LogP contribution in [0.4, 0.5) is 0 Å². The Hall–Kier alpha value is -2.33. The van der Waals surface area contributed by atoms with Crippen molar-refractivity contribution in [1.29, 1.82) is 0 Å². The Morgan fingerprint density at radius 2 is 1.81 bits per heavy atom. The van der Waals surface area contributed by atoms with E-state index in [1.807, 2.05) is 57.3 Å². The van der Waals surface area contributed by atoms with Crippen molar-refractivity contribution >= 4 is 0 Å². The molecule has 1 N–H and O–H groups in total. The first kappa shape index (κ1) is 13.6. The molecule has 1 aromatic carbocycles. The second kappa shape index (κ2) is 5.22. The lowest BCUT2D eigenvalue weighted by molar-refractivity contribution is 0.217. The molecule has 2 heterocycles. The van der Waals surface area contributed by atoms with Crippen molar-refractivity contribution in [3.05, 3.63) is 70.9 Å². The number of rotatable bonds is 3. The number of hydrogen-bond donors (Lipinski definition) is 1. The van der Waals surface area contributed by atoms with Crippen molar-refractivity contribution in [3.8, 4) is 5.69 Å². The summed E-state index contributed by atoms with van der Waals surface area (Å²) in [5.74, 6) is 1.60. The number of aliphatic hydroxyl groups is 1. The SMILES string of the molecule is Cc1oc(C)c(C(O)c2cnn(-c3ccccc3)c2)c1C. The summed E-state index contributed by atoms with van der Waals surface area (Å²) in [5.41, 5.74) is 3.55. The molecule has 0 spiro atoms. The van der Waals surface area contributed by atoms with Crippen LogP contribution in [0.1, 0.15) is 34.3 Å². The Kier molecular flexibility index (Phi) is 3.39. The molecule has 2 aromatic heterocycles. The van der Waals surface area contributed by atoms with E-state index in [2.05, 4.69) is 5.10 Å². The molecule has 4 nitrogen and oxygen atoms in total. The van der Waals surface area contributed by atoms with Gasteiger partial charge in [0.15, 0.2) is 0 Å². The molecule has 108 valence electrons. The van der Waals surface area contributed by atoms with Crippen LogP contribution < -0.4 is 0 Å². The Morgan fingerprint density at radius 3 is 2.43 bits per heavy atom. The number of nitrogens with zero attached hydrogens (tertiary/aromatic N) is 2. The first-order chi connectivity index (χ1) is 10.1. The molecular formula is C17H18N2O2. The minimum Gasteiger partial charge on any atom is -0.466 e. The topological polar surface area (TPSA) is 51.2 Å². The zero-order valence-corrected chi connectivity index (χ0v) is 12.4. The van der Waals surface area contributed by atoms with Crippen molar-refractivity contribution in [1.82, 2.24) is 9.78 Å². The molecule has 0 radical (unpaired) electrons. The van der Waals surface area contributed by atoms with Gasteiger partial charge in [-0.2, -0.15) is 5.10 Å². The average Bonchev–Trinajstić information content (AvgIpc) is 3.06. The fourth-order valence-electron chi connectivity index (χ4n) is 2.58. The van der Waals surface area contributed by atoms with E-state index in [0.717, 1.165) is 33.9 Å². The minimum atomic E-state index is -0.722. The number of aliphatic hydroxyl groups excluding tert-OH is 1. The van der Waals surface area contributed by atoms with E-state index < -0.39 is 6.10 Å². The number of para-hydroxylation sites is 1. The minimum absolute atomic E-state index is 0.722. The molecular weight excluding hydrogens is 264 g/mol. The van der Waals surface area contributed by atoms with Gasteiger partial charge in [0.2, 0.25) is 0 Å². The van der Waals surface area contributed by atoms with Gasteiger partial charge in [-0.25, -0.2) is 4.68 Å². The fraction of sp³-hybridized carbons (Fsp3) is 0.235. The summed E-state index contributed by atoms with van der Waals surface area (Å²) in [7, 11) is 0. The van der Waals surface area contributed by atoms with Crippen molar-refractivity contribution in [2.45, 2.75) is 26.9 Å². The monoisotopic (exact) mass is 282 g/mol. The lowest BCUT2D eigenvalue weighted by Gasteiger charge is -2.08. The molecule has 0 saturated carbocycles. The summed E-state index contributed by atoms with van der Waals surface area (Å²) in [6.45, 7) is 5.75. The molecule has 0 bridgehead atoms. The molecule has 0 aliphatic heterocycles. The van der Waals surface area contributed by atoms with Gasteiger partial charge >= 0.3 is 0 Å². The number of benzene rings is 1. The maximum atomic E-state index is 10.6. The highest BCUT2D eigenvalue weighted by molar-refractivity contribution is 5.39. The van der Waals surface area contributed by atoms with Gasteiger partial charge in [-0.1, -0.05) is 18.2 Å². The zero-order valence-electron chi connectivity index (χ0n) is 12.4. The normalized spacial score (nSPS) is 12.6. The van der Waals surface area contributed by atoms with Gasteiger partial charge in [0.05, 0.1) is 11.9 Å². The molecule has 0 saturated heterocycles. The van der Waals surface area contributed by atoms with E-state index in [9.17, 15) is 5.11 Å². The number of aromatic nitrogens is 2. The van der Waals surface area contributed by atoms with Gasteiger partial charge in [0.25, 0.3) is 0 Å². The Labute approximate surface area is 123 Å². The summed E-state index contributed by atoms with van der Waals surface area (Å²) in [4.78, 5) is 0. The van der Waals surface area contributed by atoms with E-state index in [4.69, 9.17) is 4.42 Å². The molecule has 0 amide bonds. The van der Waals surface area contributed by atoms with Crippen LogP contribution in [0.5, 0.6) is 0 Å². The van der Waals surface area contributed by atoms with Gasteiger partial charge in [-0.05, 0) is 38.5 Å². The summed E-state index contributed by atoms with van der Waals surface area (Å²) in [6.07, 6.45) is 2.82. The highest BCUT2D eigenvalue weighted by Gasteiger charge is 2.21. The Bertz CT molecular complexity index is 756. The maximum Gasteiger partial charge on any atom is 0.111 e. The zero-order chi connectivity index (χ0) is 15.0. The first-order valence-corrected chi connectivity index (χ1v) is 6.92. The lowest BCUT2D eigenvalue weighted by Crippen LogP contribution is -2.01. The van der Waals surface area contributed by atoms with E-state index in [1.54, 1.807) is 10.9 Å². The molecule has 1 atom stereocenters. The van der Waals surface area contributed by atoms with Crippen LogP contribution in [-0.4, -0.2) is 14.9 Å². The molecule has 21 heavy (non-hydrogen) atoms. The third-order valence-electron chi connectivity index (χ3n) is 3.83. The van der Waals surface area contributed by atoms with Crippen LogP contribution in [0.15, 0.2) is 47.1 Å². The fourth-order valence-corrected chi connectivity index (χ4v) is 2.58. The summed E-state index contributed by atoms with van der Waals surface area (Å²) < 4.78 is 7.35. The van der Waals surface area contributed by atoms with Crippen LogP contribution in [0.3, 0.4) is 0 Å². The second-order valence-corrected chi connectivity index (χ2v) is 5.21. The average molecular weight is 282 g/mol. The van der Waals surface area contributed by atoms with Crippen LogP contribution in [0.25, 0.3) is 5.69 Å². The van der Waals surface area contributed by atoms with Crippen LogP contribution in [0, 0.1) is 20.8 Å². The standard InChI is InChI=1S/C17H18N2O2/c1-11-12(2)21-13(3)16(11)17(20)14-9-18-19(10-14)15-7-5-4-6-8-15/h4-10,17,20H,1-3H3. The van der Waals surface area contributed by atoms with E-state index >= 15 is 0 Å². The quantitative estimate of drug-likeness (QED) is 0.800. The van der Waals surface area contributed by atoms with E-state index in [-0.39, 0.29) is 0 Å². The third-order valence-corrected chi connectivity index (χ3v) is 3.83. The predicted octanol–water partition coefficient (Wildman–Crippen LogP) is 3.47. The molecule has 4 heteroatoms. The third kappa shape index (κ3) is 2.38. The van der Waals surface area contributed by atoms with Crippen molar-refractivity contribution in [2.75, 3.05) is 0 Å². The highest BCUT2D eigenvalue weighted by atomic mass is 16.3. The highest BCUT2D eigenvalue weighted by Crippen LogP contribution is 2.31. The summed E-state index contributed by atoms with van der Waals surface area (Å²) >= 11 is 0. The van der Waals surface area contributed by atoms with E-state index in [1.165, 1.54) is 0 Å². The van der Waals surface area contributed by atoms with Crippen LogP contribution in [-0.2, 0) is 0 Å². The predicted molar refractivity (Wildman–Crippen MR) is 80.5 cm³/mol. The first-order valence-electron chi connectivity index (χ1n) is 6.92. The molecule has 1 unspecified atom stereocenters. The van der Waals surface area contributed by atoms with Gasteiger partial charge in [-0.3, -0.25) is 0 Å². The molecule has 3 rings (SSSR count). The summed E-state index contributed by atoms with van der Waals surface area (Å²) in [6, 6.07) is 9.83. The molecule has 3 aromatic rings. The van der Waals surface area contributed by atoms with Crippen molar-refractivity contribution < 1.29 is 9.52 Å². The molecule has 0 aliphatic carbocycles. The number of hydrogen-bond acceptors (Lipinski definition) is 3. The molecule has 0 aliphatic rings. The molecule has 0 fully saturated rings. The maximum absolute atomic E-state index is 10.6. The Balaban J connectivity index is 1.96. The van der Waals surface area contributed by atoms with Crippen molar-refractivity contribution in [2.24, 2.45) is 0 Å². The van der Waals surface area contributed by atoms with Gasteiger partial charge in [0, 0.05) is 17.3 Å². The second-order valence-electron chi connectivity index (χ2n) is 5.21. The lowest BCUT2D eigenvalue weighted by atomic mass is 10.0. The number of aryl methyl sites for hydroxylation is 2. The van der Waals surface area contributed by atoms with Gasteiger partial charge in [-0.15, -0.1) is 0 Å². The largest absolute Gasteiger partial charge is 0.466 e. The summed E-state index contributed by atoms with van der Waals surface area (Å²) in [5, 5.41) is 14.9. The van der Waals surface area contributed by atoms with E-state index in [0.29, 0.717) is 0 Å². The van der Waals surface area contributed by atoms with Crippen molar-refractivity contribution in [3.63, 3.8) is 0 Å². The van der Waals surface area contributed by atoms with Gasteiger partial charge < -0.3 is 9.52 Å². The smallest absolute Gasteiger partial charge is 0.111 e. The van der Waals surface area contributed by atoms with Gasteiger partial charge in [0.1, 0.15) is 17.6 Å². The Morgan fingerprint density at radius 1 is 1.10 bits per heavy atom. The van der Waals surface area contributed by atoms with Crippen LogP contribution >= 0.6 is 0 Å². The van der Waals surface area contributed by atoms with Crippen LogP contribution in [0.2, 0.25) is 0 Å². The number of furan rings is 1.